The van der Waals surface area contributed by atoms with Crippen LogP contribution >= 0.6 is 0 Å². The minimum absolute atomic E-state index is 0.513. The monoisotopic (exact) mass is 261 g/mol. The van der Waals surface area contributed by atoms with Gasteiger partial charge in [-0.3, -0.25) is 0 Å². The molecule has 1 N–H and O–H groups in total. The van der Waals surface area contributed by atoms with Crippen molar-refractivity contribution in [1.29, 1.82) is 0 Å². The van der Waals surface area contributed by atoms with Crippen molar-refractivity contribution in [2.75, 3.05) is 13.2 Å². The zero-order valence-electron chi connectivity index (χ0n) is 12.5. The van der Waals surface area contributed by atoms with Gasteiger partial charge in [0, 0.05) is 6.04 Å². The molecule has 19 heavy (non-hydrogen) atoms. The van der Waals surface area contributed by atoms with Crippen LogP contribution in [0.4, 0.5) is 0 Å². The SMILES string of the molecule is CCCNC(COc1ccccc1C(C)C)C1CC1. The van der Waals surface area contributed by atoms with E-state index in [4.69, 9.17) is 4.74 Å². The summed E-state index contributed by atoms with van der Waals surface area (Å²) in [5.74, 6) is 2.40. The van der Waals surface area contributed by atoms with Gasteiger partial charge in [-0.1, -0.05) is 39.0 Å². The summed E-state index contributed by atoms with van der Waals surface area (Å²) in [7, 11) is 0. The van der Waals surface area contributed by atoms with Gasteiger partial charge in [0.25, 0.3) is 0 Å². The smallest absolute Gasteiger partial charge is 0.122 e. The van der Waals surface area contributed by atoms with E-state index in [1.807, 2.05) is 0 Å². The van der Waals surface area contributed by atoms with Crippen molar-refractivity contribution in [1.82, 2.24) is 5.32 Å². The van der Waals surface area contributed by atoms with Crippen LogP contribution in [-0.2, 0) is 0 Å². The quantitative estimate of drug-likeness (QED) is 0.764. The Hall–Kier alpha value is -1.02. The van der Waals surface area contributed by atoms with E-state index in [0.717, 1.165) is 24.8 Å². The number of rotatable bonds is 8. The van der Waals surface area contributed by atoms with Gasteiger partial charge in [0.2, 0.25) is 0 Å². The van der Waals surface area contributed by atoms with Crippen molar-refractivity contribution < 1.29 is 4.74 Å². The molecule has 106 valence electrons. The molecule has 0 spiro atoms. The van der Waals surface area contributed by atoms with Crippen LogP contribution in [0.1, 0.15) is 51.5 Å². The molecule has 1 aromatic rings. The largest absolute Gasteiger partial charge is 0.492 e. The van der Waals surface area contributed by atoms with Crippen LogP contribution in [0.5, 0.6) is 5.75 Å². The zero-order chi connectivity index (χ0) is 13.7. The fourth-order valence-corrected chi connectivity index (χ4v) is 2.46. The molecule has 2 nitrogen and oxygen atoms in total. The lowest BCUT2D eigenvalue weighted by Gasteiger charge is -2.20. The number of benzene rings is 1. The Morgan fingerprint density at radius 1 is 1.26 bits per heavy atom. The van der Waals surface area contributed by atoms with Gasteiger partial charge in [-0.05, 0) is 49.3 Å². The summed E-state index contributed by atoms with van der Waals surface area (Å²) in [5.41, 5.74) is 1.31. The lowest BCUT2D eigenvalue weighted by atomic mass is 10.0. The number of ether oxygens (including phenoxy) is 1. The highest BCUT2D eigenvalue weighted by Crippen LogP contribution is 2.33. The third kappa shape index (κ3) is 4.24. The van der Waals surface area contributed by atoms with E-state index in [9.17, 15) is 0 Å². The fraction of sp³-hybridized carbons (Fsp3) is 0.647. The van der Waals surface area contributed by atoms with E-state index in [1.54, 1.807) is 0 Å². The highest BCUT2D eigenvalue weighted by atomic mass is 16.5. The van der Waals surface area contributed by atoms with Gasteiger partial charge in [0.15, 0.2) is 0 Å². The molecular formula is C17H27NO. The van der Waals surface area contributed by atoms with Crippen molar-refractivity contribution >= 4 is 0 Å². The van der Waals surface area contributed by atoms with Crippen LogP contribution in [0.15, 0.2) is 24.3 Å². The first kappa shape index (κ1) is 14.4. The molecule has 1 unspecified atom stereocenters. The highest BCUT2D eigenvalue weighted by molar-refractivity contribution is 5.35. The molecule has 0 aliphatic heterocycles. The number of nitrogens with one attached hydrogen (secondary N) is 1. The van der Waals surface area contributed by atoms with Crippen molar-refractivity contribution in [3.8, 4) is 5.75 Å². The van der Waals surface area contributed by atoms with E-state index in [0.29, 0.717) is 12.0 Å². The zero-order valence-corrected chi connectivity index (χ0v) is 12.5. The van der Waals surface area contributed by atoms with Crippen molar-refractivity contribution in [3.63, 3.8) is 0 Å². The topological polar surface area (TPSA) is 21.3 Å². The van der Waals surface area contributed by atoms with Crippen molar-refractivity contribution in [3.05, 3.63) is 29.8 Å². The Balaban J connectivity index is 1.92. The maximum atomic E-state index is 6.10. The molecule has 0 heterocycles. The van der Waals surface area contributed by atoms with E-state index >= 15 is 0 Å². The maximum absolute atomic E-state index is 6.10. The van der Waals surface area contributed by atoms with Crippen LogP contribution < -0.4 is 10.1 Å². The number of hydrogen-bond acceptors (Lipinski definition) is 2. The van der Waals surface area contributed by atoms with Gasteiger partial charge in [-0.25, -0.2) is 0 Å². The van der Waals surface area contributed by atoms with E-state index in [-0.39, 0.29) is 0 Å². The van der Waals surface area contributed by atoms with Gasteiger partial charge < -0.3 is 10.1 Å². The molecule has 1 aliphatic rings. The Labute approximate surface area is 117 Å². The lowest BCUT2D eigenvalue weighted by Crippen LogP contribution is -2.37. The minimum atomic E-state index is 0.513. The van der Waals surface area contributed by atoms with Crippen molar-refractivity contribution in [2.45, 2.75) is 52.0 Å². The summed E-state index contributed by atoms with van der Waals surface area (Å²) < 4.78 is 6.10. The second-order valence-electron chi connectivity index (χ2n) is 5.90. The summed E-state index contributed by atoms with van der Waals surface area (Å²) in [6.07, 6.45) is 3.90. The van der Waals surface area contributed by atoms with Crippen LogP contribution in [-0.4, -0.2) is 19.2 Å². The molecule has 0 radical (unpaired) electrons. The van der Waals surface area contributed by atoms with Crippen LogP contribution in [0, 0.1) is 5.92 Å². The third-order valence-electron chi connectivity index (χ3n) is 3.81. The summed E-state index contributed by atoms with van der Waals surface area (Å²) in [6.45, 7) is 8.54. The van der Waals surface area contributed by atoms with Gasteiger partial charge in [-0.2, -0.15) is 0 Å². The average molecular weight is 261 g/mol. The van der Waals surface area contributed by atoms with Crippen molar-refractivity contribution in [2.24, 2.45) is 5.92 Å². The summed E-state index contributed by atoms with van der Waals surface area (Å²) in [4.78, 5) is 0. The van der Waals surface area contributed by atoms with Crippen LogP contribution in [0.3, 0.4) is 0 Å². The highest BCUT2D eigenvalue weighted by Gasteiger charge is 2.31. The number of para-hydroxylation sites is 1. The maximum Gasteiger partial charge on any atom is 0.122 e. The molecule has 1 fully saturated rings. The Bertz CT molecular complexity index is 385. The Morgan fingerprint density at radius 2 is 2.00 bits per heavy atom. The second kappa shape index (κ2) is 6.95. The average Bonchev–Trinajstić information content (AvgIpc) is 3.23. The third-order valence-corrected chi connectivity index (χ3v) is 3.81. The molecule has 1 saturated carbocycles. The molecule has 2 rings (SSSR count). The molecule has 0 bridgehead atoms. The standard InChI is InChI=1S/C17H27NO/c1-4-11-18-16(14-9-10-14)12-19-17-8-6-5-7-15(17)13(2)3/h5-8,13-14,16,18H,4,9-12H2,1-3H3. The summed E-state index contributed by atoms with van der Waals surface area (Å²) in [5, 5.41) is 3.63. The fourth-order valence-electron chi connectivity index (χ4n) is 2.46. The molecule has 1 aromatic carbocycles. The number of hydrogen-bond donors (Lipinski definition) is 1. The minimum Gasteiger partial charge on any atom is -0.492 e. The molecule has 2 heteroatoms. The molecular weight excluding hydrogens is 234 g/mol. The predicted molar refractivity (Wildman–Crippen MR) is 80.8 cm³/mol. The van der Waals surface area contributed by atoms with E-state index in [2.05, 4.69) is 50.4 Å². The summed E-state index contributed by atoms with van der Waals surface area (Å²) in [6, 6.07) is 8.95. The van der Waals surface area contributed by atoms with Gasteiger partial charge in [-0.15, -0.1) is 0 Å². The molecule has 0 saturated heterocycles. The van der Waals surface area contributed by atoms with Gasteiger partial charge in [0.05, 0.1) is 0 Å². The van der Waals surface area contributed by atoms with Crippen LogP contribution in [0.2, 0.25) is 0 Å². The summed E-state index contributed by atoms with van der Waals surface area (Å²) >= 11 is 0. The van der Waals surface area contributed by atoms with E-state index in [1.165, 1.54) is 24.8 Å². The van der Waals surface area contributed by atoms with E-state index < -0.39 is 0 Å². The predicted octanol–water partition coefficient (Wildman–Crippen LogP) is 3.97. The molecule has 0 aromatic heterocycles. The molecule has 1 atom stereocenters. The van der Waals surface area contributed by atoms with Gasteiger partial charge in [0.1, 0.15) is 12.4 Å². The first-order chi connectivity index (χ1) is 9.22. The first-order valence-electron chi connectivity index (χ1n) is 7.67. The lowest BCUT2D eigenvalue weighted by molar-refractivity contribution is 0.247. The first-order valence-corrected chi connectivity index (χ1v) is 7.67. The van der Waals surface area contributed by atoms with Crippen LogP contribution in [0.25, 0.3) is 0 Å². The normalized spacial score (nSPS) is 16.6. The Kier molecular flexibility index (Phi) is 5.26. The molecule has 1 aliphatic carbocycles. The Morgan fingerprint density at radius 3 is 2.63 bits per heavy atom. The van der Waals surface area contributed by atoms with Gasteiger partial charge >= 0.3 is 0 Å². The molecule has 0 amide bonds. The second-order valence-corrected chi connectivity index (χ2v) is 5.90.